The lowest BCUT2D eigenvalue weighted by Crippen LogP contribution is -1.87. The van der Waals surface area contributed by atoms with Gasteiger partial charge in [-0.1, -0.05) is 5.16 Å². The first-order chi connectivity index (χ1) is 5.89. The third-order valence-corrected chi connectivity index (χ3v) is 0.930. The van der Waals surface area contributed by atoms with Crippen molar-refractivity contribution in [2.75, 3.05) is 5.73 Å². The molecule has 5 nitrogen and oxygen atoms in total. The second-order valence-electron chi connectivity index (χ2n) is 1.82. The minimum atomic E-state index is 0.461. The lowest BCUT2D eigenvalue weighted by Gasteiger charge is -1.82. The summed E-state index contributed by atoms with van der Waals surface area (Å²) in [4.78, 5) is 7.39. The fourth-order valence-corrected chi connectivity index (χ4v) is 0.486. The smallest absolute Gasteiger partial charge is 0.141 e. The Balaban J connectivity index is 0.000000127. The average Bonchev–Trinajstić information content (AvgIpc) is 2.62. The highest BCUT2D eigenvalue weighted by Crippen LogP contribution is 1.84. The van der Waals surface area contributed by atoms with Crippen LogP contribution in [-0.2, 0) is 0 Å². The molecular formula is C7H8N4O. The van der Waals surface area contributed by atoms with E-state index in [1.54, 1.807) is 24.7 Å². The van der Waals surface area contributed by atoms with E-state index in [4.69, 9.17) is 5.73 Å². The molecule has 62 valence electrons. The Bertz CT molecular complexity index is 264. The van der Waals surface area contributed by atoms with Gasteiger partial charge in [-0.15, -0.1) is 0 Å². The molecule has 0 aliphatic heterocycles. The number of nitrogens with zero attached hydrogens (tertiary/aromatic N) is 3. The summed E-state index contributed by atoms with van der Waals surface area (Å²) in [6.07, 6.45) is 7.73. The summed E-state index contributed by atoms with van der Waals surface area (Å²) in [6, 6.07) is 1.72. The summed E-state index contributed by atoms with van der Waals surface area (Å²) in [7, 11) is 0. The molecule has 0 aliphatic rings. The molecule has 0 fully saturated rings. The van der Waals surface area contributed by atoms with Crippen molar-refractivity contribution >= 4 is 5.82 Å². The largest absolute Gasteiger partial charge is 0.382 e. The first-order valence-corrected chi connectivity index (χ1v) is 3.25. The van der Waals surface area contributed by atoms with Gasteiger partial charge in [0.15, 0.2) is 0 Å². The quantitative estimate of drug-likeness (QED) is 0.621. The Kier molecular flexibility index (Phi) is 3.30. The third kappa shape index (κ3) is 3.31. The van der Waals surface area contributed by atoms with E-state index in [1.807, 2.05) is 0 Å². The van der Waals surface area contributed by atoms with E-state index >= 15 is 0 Å². The highest BCUT2D eigenvalue weighted by atomic mass is 16.5. The van der Waals surface area contributed by atoms with E-state index in [0.29, 0.717) is 5.82 Å². The number of nitrogens with two attached hydrogens (primary N) is 1. The molecule has 0 radical (unpaired) electrons. The van der Waals surface area contributed by atoms with Gasteiger partial charge in [-0.25, -0.2) is 4.98 Å². The summed E-state index contributed by atoms with van der Waals surface area (Å²) in [5.41, 5.74) is 5.18. The summed E-state index contributed by atoms with van der Waals surface area (Å²) < 4.78 is 4.33. The van der Waals surface area contributed by atoms with Crippen LogP contribution in [0.3, 0.4) is 0 Å². The molecule has 0 spiro atoms. The van der Waals surface area contributed by atoms with Gasteiger partial charge in [0, 0.05) is 12.4 Å². The number of nitrogen functional groups attached to an aromatic ring is 1. The highest BCUT2D eigenvalue weighted by molar-refractivity contribution is 5.20. The van der Waals surface area contributed by atoms with Crippen molar-refractivity contribution < 1.29 is 4.52 Å². The molecule has 0 amide bonds. The van der Waals surface area contributed by atoms with Crippen LogP contribution >= 0.6 is 0 Å². The average molecular weight is 164 g/mol. The second-order valence-corrected chi connectivity index (χ2v) is 1.82. The van der Waals surface area contributed by atoms with Gasteiger partial charge in [-0.05, 0) is 6.07 Å². The molecule has 2 rings (SSSR count). The van der Waals surface area contributed by atoms with Crippen LogP contribution in [-0.4, -0.2) is 15.1 Å². The van der Waals surface area contributed by atoms with Gasteiger partial charge in [0.25, 0.3) is 0 Å². The van der Waals surface area contributed by atoms with E-state index in [-0.39, 0.29) is 0 Å². The van der Waals surface area contributed by atoms with Crippen LogP contribution in [0.4, 0.5) is 5.82 Å². The van der Waals surface area contributed by atoms with Gasteiger partial charge in [0.05, 0.1) is 12.4 Å². The van der Waals surface area contributed by atoms with E-state index < -0.39 is 0 Å². The summed E-state index contributed by atoms with van der Waals surface area (Å²) in [5, 5.41) is 3.35. The Morgan fingerprint density at radius 3 is 2.42 bits per heavy atom. The maximum atomic E-state index is 5.18. The molecule has 2 N–H and O–H groups in total. The Labute approximate surface area is 69.2 Å². The monoisotopic (exact) mass is 164 g/mol. The van der Waals surface area contributed by atoms with Crippen LogP contribution in [0.15, 0.2) is 41.6 Å². The van der Waals surface area contributed by atoms with E-state index in [1.165, 1.54) is 12.5 Å². The van der Waals surface area contributed by atoms with Crippen molar-refractivity contribution in [2.24, 2.45) is 0 Å². The minimum absolute atomic E-state index is 0.461. The first kappa shape index (κ1) is 8.19. The van der Waals surface area contributed by atoms with Gasteiger partial charge >= 0.3 is 0 Å². The fourth-order valence-electron chi connectivity index (χ4n) is 0.486. The zero-order valence-corrected chi connectivity index (χ0v) is 6.29. The molecule has 0 unspecified atom stereocenters. The number of aromatic nitrogens is 3. The van der Waals surface area contributed by atoms with Crippen molar-refractivity contribution in [1.29, 1.82) is 0 Å². The molecular weight excluding hydrogens is 156 g/mol. The van der Waals surface area contributed by atoms with Crippen molar-refractivity contribution in [1.82, 2.24) is 15.1 Å². The van der Waals surface area contributed by atoms with Gasteiger partial charge in [-0.2, -0.15) is 0 Å². The third-order valence-electron chi connectivity index (χ3n) is 0.930. The van der Waals surface area contributed by atoms with Crippen LogP contribution < -0.4 is 5.73 Å². The Hall–Kier alpha value is -1.91. The SMILES string of the molecule is Nc1cnccn1.c1cnoc1. The highest BCUT2D eigenvalue weighted by Gasteiger charge is 1.74. The minimum Gasteiger partial charge on any atom is -0.382 e. The first-order valence-electron chi connectivity index (χ1n) is 3.25. The van der Waals surface area contributed by atoms with E-state index in [2.05, 4.69) is 19.6 Å². The maximum absolute atomic E-state index is 5.18. The number of hydrogen-bond donors (Lipinski definition) is 1. The van der Waals surface area contributed by atoms with Gasteiger partial charge in [-0.3, -0.25) is 4.98 Å². The van der Waals surface area contributed by atoms with E-state index in [9.17, 15) is 0 Å². The predicted octanol–water partition coefficient (Wildman–Crippen LogP) is 0.733. The lowest BCUT2D eigenvalue weighted by atomic mass is 10.7. The van der Waals surface area contributed by atoms with Crippen molar-refractivity contribution in [3.63, 3.8) is 0 Å². The van der Waals surface area contributed by atoms with Crippen molar-refractivity contribution in [3.8, 4) is 0 Å². The zero-order valence-electron chi connectivity index (χ0n) is 6.29. The molecule has 5 heteroatoms. The molecule has 0 saturated heterocycles. The molecule has 0 saturated carbocycles. The van der Waals surface area contributed by atoms with Crippen LogP contribution in [0.2, 0.25) is 0 Å². The number of anilines is 1. The molecule has 0 bridgehead atoms. The Morgan fingerprint density at radius 1 is 1.25 bits per heavy atom. The maximum Gasteiger partial charge on any atom is 0.141 e. The normalized spacial score (nSPS) is 8.33. The summed E-state index contributed by atoms with van der Waals surface area (Å²) >= 11 is 0. The van der Waals surface area contributed by atoms with Crippen LogP contribution in [0, 0.1) is 0 Å². The van der Waals surface area contributed by atoms with Crippen LogP contribution in [0.5, 0.6) is 0 Å². The molecule has 0 atom stereocenters. The van der Waals surface area contributed by atoms with Crippen molar-refractivity contribution in [2.45, 2.75) is 0 Å². The molecule has 0 aromatic carbocycles. The standard InChI is InChI=1S/C4H5N3.C3H3NO/c5-4-3-6-1-2-7-4;1-2-4-5-3-1/h1-3H,(H2,5,7);1-3H. The van der Waals surface area contributed by atoms with Gasteiger partial charge in [0.1, 0.15) is 12.1 Å². The van der Waals surface area contributed by atoms with Crippen LogP contribution in [0.25, 0.3) is 0 Å². The summed E-state index contributed by atoms with van der Waals surface area (Å²) in [5.74, 6) is 0.461. The summed E-state index contributed by atoms with van der Waals surface area (Å²) in [6.45, 7) is 0. The van der Waals surface area contributed by atoms with E-state index in [0.717, 1.165) is 0 Å². The molecule has 12 heavy (non-hydrogen) atoms. The second kappa shape index (κ2) is 4.84. The molecule has 2 aromatic rings. The zero-order chi connectivity index (χ0) is 8.65. The molecule has 2 heterocycles. The van der Waals surface area contributed by atoms with Crippen molar-refractivity contribution in [3.05, 3.63) is 37.1 Å². The molecule has 2 aromatic heterocycles. The fraction of sp³-hybridized carbons (Fsp3) is 0. The number of hydrogen-bond acceptors (Lipinski definition) is 5. The Morgan fingerprint density at radius 2 is 2.17 bits per heavy atom. The van der Waals surface area contributed by atoms with Gasteiger partial charge in [0.2, 0.25) is 0 Å². The molecule has 0 aliphatic carbocycles. The topological polar surface area (TPSA) is 77.8 Å². The lowest BCUT2D eigenvalue weighted by molar-refractivity contribution is 0.420. The number of rotatable bonds is 0. The van der Waals surface area contributed by atoms with Crippen LogP contribution in [0.1, 0.15) is 0 Å². The van der Waals surface area contributed by atoms with Gasteiger partial charge < -0.3 is 10.3 Å². The predicted molar refractivity (Wildman–Crippen MR) is 42.9 cm³/mol.